The van der Waals surface area contributed by atoms with Crippen LogP contribution in [0.2, 0.25) is 0 Å². The van der Waals surface area contributed by atoms with Crippen LogP contribution in [0, 0.1) is 6.92 Å². The van der Waals surface area contributed by atoms with Crippen LogP contribution in [-0.4, -0.2) is 11.0 Å². The second-order valence-electron chi connectivity index (χ2n) is 5.93. The van der Waals surface area contributed by atoms with Crippen molar-refractivity contribution in [3.63, 3.8) is 0 Å². The van der Waals surface area contributed by atoms with Gasteiger partial charge in [0.25, 0.3) is 0 Å². The number of benzene rings is 1. The van der Waals surface area contributed by atoms with E-state index in [1.54, 1.807) is 11.3 Å². The molecule has 0 saturated heterocycles. The van der Waals surface area contributed by atoms with Gasteiger partial charge in [0.2, 0.25) is 0 Å². The van der Waals surface area contributed by atoms with E-state index in [1.807, 2.05) is 23.8 Å². The lowest BCUT2D eigenvalue weighted by Crippen LogP contribution is -2.04. The smallest absolute Gasteiger partial charge is 0.348 e. The standard InChI is InChI=1S/C19H19NO2S2/c1-12(2)14-4-6-15(7-5-14)18-20-16(11-24-18)10-22-19(21)17-13(3)8-9-23-17/h4-9,11-12H,10H2,1-3H3. The van der Waals surface area contributed by atoms with Gasteiger partial charge in [0.1, 0.15) is 16.5 Å². The summed E-state index contributed by atoms with van der Waals surface area (Å²) in [6.07, 6.45) is 0. The van der Waals surface area contributed by atoms with E-state index in [0.717, 1.165) is 21.8 Å². The molecule has 0 aliphatic rings. The van der Waals surface area contributed by atoms with Gasteiger partial charge < -0.3 is 4.74 Å². The van der Waals surface area contributed by atoms with Crippen molar-refractivity contribution < 1.29 is 9.53 Å². The summed E-state index contributed by atoms with van der Waals surface area (Å²) in [5.41, 5.74) is 4.14. The van der Waals surface area contributed by atoms with Gasteiger partial charge in [-0.2, -0.15) is 0 Å². The quantitative estimate of drug-likeness (QED) is 0.553. The molecular formula is C19H19NO2S2. The fraction of sp³-hybridized carbons (Fsp3) is 0.263. The topological polar surface area (TPSA) is 39.2 Å². The number of nitrogens with zero attached hydrogens (tertiary/aromatic N) is 1. The van der Waals surface area contributed by atoms with E-state index in [2.05, 4.69) is 43.1 Å². The molecule has 2 aromatic heterocycles. The van der Waals surface area contributed by atoms with Gasteiger partial charge in [-0.25, -0.2) is 9.78 Å². The number of hydrogen-bond acceptors (Lipinski definition) is 5. The van der Waals surface area contributed by atoms with Crippen LogP contribution in [0.1, 0.15) is 46.3 Å². The molecule has 0 fully saturated rings. The lowest BCUT2D eigenvalue weighted by Gasteiger charge is -2.05. The molecule has 0 saturated carbocycles. The second kappa shape index (κ2) is 7.28. The number of thiophene rings is 1. The Bertz CT molecular complexity index is 831. The molecule has 0 atom stereocenters. The highest BCUT2D eigenvalue weighted by Gasteiger charge is 2.13. The zero-order chi connectivity index (χ0) is 17.1. The van der Waals surface area contributed by atoms with E-state index in [9.17, 15) is 4.79 Å². The molecule has 0 spiro atoms. The minimum absolute atomic E-state index is 0.205. The van der Waals surface area contributed by atoms with Gasteiger partial charge in [-0.05, 0) is 35.4 Å². The van der Waals surface area contributed by atoms with Crippen LogP contribution >= 0.6 is 22.7 Å². The Balaban J connectivity index is 1.65. The molecule has 0 unspecified atom stereocenters. The van der Waals surface area contributed by atoms with Crippen LogP contribution in [0.3, 0.4) is 0 Å². The minimum Gasteiger partial charge on any atom is -0.455 e. The van der Waals surface area contributed by atoms with Gasteiger partial charge in [0.05, 0.1) is 5.69 Å². The molecule has 5 heteroatoms. The lowest BCUT2D eigenvalue weighted by molar-refractivity contribution is 0.0473. The van der Waals surface area contributed by atoms with Crippen LogP contribution in [0.15, 0.2) is 41.1 Å². The zero-order valence-corrected chi connectivity index (χ0v) is 15.5. The predicted octanol–water partition coefficient (Wildman–Crippen LogP) is 5.66. The average molecular weight is 358 g/mol. The maximum atomic E-state index is 12.0. The lowest BCUT2D eigenvalue weighted by atomic mass is 10.0. The molecular weight excluding hydrogens is 338 g/mol. The van der Waals surface area contributed by atoms with E-state index in [0.29, 0.717) is 10.8 Å². The van der Waals surface area contributed by atoms with Crippen LogP contribution in [-0.2, 0) is 11.3 Å². The Kier molecular flexibility index (Phi) is 5.11. The Hall–Kier alpha value is -1.98. The van der Waals surface area contributed by atoms with Crippen molar-refractivity contribution in [1.29, 1.82) is 0 Å². The molecule has 0 aliphatic heterocycles. The first-order chi connectivity index (χ1) is 11.5. The number of rotatable bonds is 5. The van der Waals surface area contributed by atoms with Gasteiger partial charge in [-0.3, -0.25) is 0 Å². The molecule has 24 heavy (non-hydrogen) atoms. The highest BCUT2D eigenvalue weighted by atomic mass is 32.1. The van der Waals surface area contributed by atoms with Crippen molar-refractivity contribution in [3.8, 4) is 10.6 Å². The Morgan fingerprint density at radius 1 is 1.17 bits per heavy atom. The van der Waals surface area contributed by atoms with Gasteiger partial charge in [-0.15, -0.1) is 22.7 Å². The fourth-order valence-electron chi connectivity index (χ4n) is 2.30. The number of aromatic nitrogens is 1. The monoisotopic (exact) mass is 357 g/mol. The normalized spacial score (nSPS) is 11.0. The van der Waals surface area contributed by atoms with Gasteiger partial charge in [0.15, 0.2) is 0 Å². The van der Waals surface area contributed by atoms with E-state index >= 15 is 0 Å². The second-order valence-corrected chi connectivity index (χ2v) is 7.70. The van der Waals surface area contributed by atoms with Gasteiger partial charge in [0, 0.05) is 10.9 Å². The Morgan fingerprint density at radius 2 is 1.92 bits per heavy atom. The third-order valence-corrected chi connectivity index (χ3v) is 5.71. The maximum absolute atomic E-state index is 12.0. The Morgan fingerprint density at radius 3 is 2.54 bits per heavy atom. The first-order valence-corrected chi connectivity index (χ1v) is 9.56. The molecule has 3 nitrogen and oxygen atoms in total. The van der Waals surface area contributed by atoms with Crippen LogP contribution < -0.4 is 0 Å². The molecule has 3 aromatic rings. The average Bonchev–Trinajstić information content (AvgIpc) is 3.21. The summed E-state index contributed by atoms with van der Waals surface area (Å²) in [6, 6.07) is 10.4. The molecule has 0 radical (unpaired) electrons. The summed E-state index contributed by atoms with van der Waals surface area (Å²) in [4.78, 5) is 17.3. The van der Waals surface area contributed by atoms with Crippen molar-refractivity contribution in [3.05, 3.63) is 62.8 Å². The number of carbonyl (C=O) groups is 1. The molecule has 3 rings (SSSR count). The first kappa shape index (κ1) is 16.9. The van der Waals surface area contributed by atoms with E-state index < -0.39 is 0 Å². The highest BCUT2D eigenvalue weighted by molar-refractivity contribution is 7.13. The highest BCUT2D eigenvalue weighted by Crippen LogP contribution is 2.26. The number of aryl methyl sites for hydroxylation is 1. The summed E-state index contributed by atoms with van der Waals surface area (Å²) in [7, 11) is 0. The van der Waals surface area contributed by atoms with Crippen molar-refractivity contribution >= 4 is 28.6 Å². The molecule has 0 N–H and O–H groups in total. The van der Waals surface area contributed by atoms with Crippen molar-refractivity contribution in [2.75, 3.05) is 0 Å². The van der Waals surface area contributed by atoms with Crippen LogP contribution in [0.25, 0.3) is 10.6 Å². The maximum Gasteiger partial charge on any atom is 0.348 e. The van der Waals surface area contributed by atoms with Crippen molar-refractivity contribution in [2.45, 2.75) is 33.3 Å². The summed E-state index contributed by atoms with van der Waals surface area (Å²) in [5.74, 6) is 0.240. The van der Waals surface area contributed by atoms with Gasteiger partial charge >= 0.3 is 5.97 Å². The number of thiazole rings is 1. The molecule has 0 aliphatic carbocycles. The molecule has 0 bridgehead atoms. The predicted molar refractivity (Wildman–Crippen MR) is 99.8 cm³/mol. The first-order valence-electron chi connectivity index (χ1n) is 7.80. The van der Waals surface area contributed by atoms with Crippen LogP contribution in [0.4, 0.5) is 0 Å². The number of ether oxygens (including phenoxy) is 1. The minimum atomic E-state index is -0.279. The van der Waals surface area contributed by atoms with E-state index in [-0.39, 0.29) is 12.6 Å². The summed E-state index contributed by atoms with van der Waals surface area (Å²) < 4.78 is 5.37. The number of carbonyl (C=O) groups excluding carboxylic acids is 1. The largest absolute Gasteiger partial charge is 0.455 e. The number of esters is 1. The van der Waals surface area contributed by atoms with Crippen molar-refractivity contribution in [2.24, 2.45) is 0 Å². The van der Waals surface area contributed by atoms with E-state index in [4.69, 9.17) is 4.74 Å². The summed E-state index contributed by atoms with van der Waals surface area (Å²) >= 11 is 2.98. The molecule has 1 aromatic carbocycles. The third-order valence-electron chi connectivity index (χ3n) is 3.77. The molecule has 0 amide bonds. The third kappa shape index (κ3) is 3.74. The Labute approximate surface area is 150 Å². The summed E-state index contributed by atoms with van der Waals surface area (Å²) in [5, 5.41) is 4.79. The van der Waals surface area contributed by atoms with E-state index in [1.165, 1.54) is 16.9 Å². The van der Waals surface area contributed by atoms with Crippen molar-refractivity contribution in [1.82, 2.24) is 4.98 Å². The number of hydrogen-bond donors (Lipinski definition) is 0. The van der Waals surface area contributed by atoms with Gasteiger partial charge in [-0.1, -0.05) is 38.1 Å². The molecule has 2 heterocycles. The SMILES string of the molecule is Cc1ccsc1C(=O)OCc1csc(-c2ccc(C(C)C)cc2)n1. The summed E-state index contributed by atoms with van der Waals surface area (Å²) in [6.45, 7) is 6.48. The van der Waals surface area contributed by atoms with Crippen LogP contribution in [0.5, 0.6) is 0 Å². The molecule has 124 valence electrons. The zero-order valence-electron chi connectivity index (χ0n) is 13.9. The fourth-order valence-corrected chi connectivity index (χ4v) is 3.93.